The second-order valence-corrected chi connectivity index (χ2v) is 5.15. The standard InChI is InChI=1S/C15H22N2O/c1-11-6-5-7-13(10-11)12(2)17-15(18)14-8-3-4-9-16-14/h5-7,10,12,14,16H,3-4,8-9H2,1-2H3,(H,17,18)/t12-,14+/m0/s1. The minimum absolute atomic E-state index is 0.00832. The number of amides is 1. The Kier molecular flexibility index (Phi) is 4.37. The number of piperidine rings is 1. The van der Waals surface area contributed by atoms with Crippen molar-refractivity contribution in [3.8, 4) is 0 Å². The number of carbonyl (C=O) groups excluding carboxylic acids is 1. The number of rotatable bonds is 3. The first-order valence-electron chi connectivity index (χ1n) is 6.77. The number of carbonyl (C=O) groups is 1. The van der Waals surface area contributed by atoms with E-state index in [9.17, 15) is 4.79 Å². The first-order valence-corrected chi connectivity index (χ1v) is 6.77. The topological polar surface area (TPSA) is 41.1 Å². The second kappa shape index (κ2) is 6.01. The third-order valence-corrected chi connectivity index (χ3v) is 3.53. The van der Waals surface area contributed by atoms with Crippen LogP contribution in [0, 0.1) is 6.92 Å². The van der Waals surface area contributed by atoms with Crippen LogP contribution in [0.25, 0.3) is 0 Å². The lowest BCUT2D eigenvalue weighted by Gasteiger charge is -2.24. The minimum Gasteiger partial charge on any atom is -0.348 e. The molecular formula is C15H22N2O. The summed E-state index contributed by atoms with van der Waals surface area (Å²) >= 11 is 0. The molecule has 98 valence electrons. The lowest BCUT2D eigenvalue weighted by atomic mass is 10.0. The van der Waals surface area contributed by atoms with Gasteiger partial charge in [-0.2, -0.15) is 0 Å². The molecule has 3 nitrogen and oxygen atoms in total. The van der Waals surface area contributed by atoms with E-state index < -0.39 is 0 Å². The Balaban J connectivity index is 1.94. The Hall–Kier alpha value is -1.35. The van der Waals surface area contributed by atoms with Crippen LogP contribution in [0.4, 0.5) is 0 Å². The van der Waals surface area contributed by atoms with Crippen molar-refractivity contribution in [1.82, 2.24) is 10.6 Å². The maximum absolute atomic E-state index is 12.1. The monoisotopic (exact) mass is 246 g/mol. The molecule has 1 aromatic rings. The summed E-state index contributed by atoms with van der Waals surface area (Å²) in [6.07, 6.45) is 3.27. The van der Waals surface area contributed by atoms with Gasteiger partial charge >= 0.3 is 0 Å². The zero-order valence-electron chi connectivity index (χ0n) is 11.2. The highest BCUT2D eigenvalue weighted by molar-refractivity contribution is 5.82. The van der Waals surface area contributed by atoms with E-state index >= 15 is 0 Å². The van der Waals surface area contributed by atoms with Crippen molar-refractivity contribution >= 4 is 5.91 Å². The fourth-order valence-corrected chi connectivity index (χ4v) is 2.41. The Bertz CT molecular complexity index is 411. The van der Waals surface area contributed by atoms with Crippen LogP contribution in [-0.2, 0) is 4.79 Å². The van der Waals surface area contributed by atoms with Gasteiger partial charge in [0.05, 0.1) is 12.1 Å². The van der Waals surface area contributed by atoms with Gasteiger partial charge in [0.25, 0.3) is 0 Å². The molecule has 18 heavy (non-hydrogen) atoms. The van der Waals surface area contributed by atoms with Gasteiger partial charge < -0.3 is 10.6 Å². The average molecular weight is 246 g/mol. The summed E-state index contributed by atoms with van der Waals surface area (Å²) in [7, 11) is 0. The van der Waals surface area contributed by atoms with Crippen LogP contribution in [0.2, 0.25) is 0 Å². The molecule has 2 atom stereocenters. The fourth-order valence-electron chi connectivity index (χ4n) is 2.41. The molecule has 1 saturated heterocycles. The summed E-state index contributed by atoms with van der Waals surface area (Å²) in [5.41, 5.74) is 2.39. The van der Waals surface area contributed by atoms with Gasteiger partial charge in [0.15, 0.2) is 0 Å². The normalized spacial score (nSPS) is 21.3. The molecule has 1 aliphatic rings. The van der Waals surface area contributed by atoms with E-state index in [1.54, 1.807) is 0 Å². The van der Waals surface area contributed by atoms with Crippen molar-refractivity contribution in [3.63, 3.8) is 0 Å². The molecule has 1 amide bonds. The molecule has 0 bridgehead atoms. The molecule has 0 aromatic heterocycles. The third kappa shape index (κ3) is 3.33. The van der Waals surface area contributed by atoms with E-state index in [1.807, 2.05) is 13.0 Å². The van der Waals surface area contributed by atoms with Crippen LogP contribution >= 0.6 is 0 Å². The highest BCUT2D eigenvalue weighted by atomic mass is 16.2. The number of aryl methyl sites for hydroxylation is 1. The fraction of sp³-hybridized carbons (Fsp3) is 0.533. The lowest BCUT2D eigenvalue weighted by molar-refractivity contribution is -0.124. The summed E-state index contributed by atoms with van der Waals surface area (Å²) < 4.78 is 0. The smallest absolute Gasteiger partial charge is 0.237 e. The van der Waals surface area contributed by atoms with Gasteiger partial charge in [-0.05, 0) is 38.8 Å². The lowest BCUT2D eigenvalue weighted by Crippen LogP contribution is -2.47. The first-order chi connectivity index (χ1) is 8.66. The summed E-state index contributed by atoms with van der Waals surface area (Å²) in [6, 6.07) is 8.35. The van der Waals surface area contributed by atoms with Gasteiger partial charge in [0.2, 0.25) is 5.91 Å². The SMILES string of the molecule is Cc1cccc([C@H](C)NC(=O)[C@H]2CCCCN2)c1. The van der Waals surface area contributed by atoms with E-state index in [1.165, 1.54) is 17.5 Å². The molecular weight excluding hydrogens is 224 g/mol. The molecule has 1 heterocycles. The molecule has 1 aliphatic heterocycles. The van der Waals surface area contributed by atoms with Crippen molar-refractivity contribution in [1.29, 1.82) is 0 Å². The Morgan fingerprint density at radius 3 is 2.94 bits per heavy atom. The average Bonchev–Trinajstić information content (AvgIpc) is 2.39. The molecule has 0 radical (unpaired) electrons. The van der Waals surface area contributed by atoms with Crippen LogP contribution in [0.1, 0.15) is 43.4 Å². The van der Waals surface area contributed by atoms with Crippen LogP contribution in [0.15, 0.2) is 24.3 Å². The molecule has 1 fully saturated rings. The quantitative estimate of drug-likeness (QED) is 0.859. The highest BCUT2D eigenvalue weighted by Gasteiger charge is 2.21. The molecule has 1 aromatic carbocycles. The van der Waals surface area contributed by atoms with Crippen molar-refractivity contribution < 1.29 is 4.79 Å². The third-order valence-electron chi connectivity index (χ3n) is 3.53. The van der Waals surface area contributed by atoms with Gasteiger partial charge in [-0.3, -0.25) is 4.79 Å². The summed E-state index contributed by atoms with van der Waals surface area (Å²) in [6.45, 7) is 5.06. The van der Waals surface area contributed by atoms with Crippen molar-refractivity contribution in [2.45, 2.75) is 45.2 Å². The summed E-state index contributed by atoms with van der Waals surface area (Å²) in [5, 5.41) is 6.37. The maximum atomic E-state index is 12.1. The molecule has 0 spiro atoms. The molecule has 2 rings (SSSR count). The minimum atomic E-state index is -0.00832. The number of benzene rings is 1. The molecule has 0 unspecified atom stereocenters. The zero-order valence-corrected chi connectivity index (χ0v) is 11.2. The van der Waals surface area contributed by atoms with Gasteiger partial charge in [-0.1, -0.05) is 36.2 Å². The van der Waals surface area contributed by atoms with Gasteiger partial charge in [-0.15, -0.1) is 0 Å². The predicted molar refractivity (Wildman–Crippen MR) is 73.4 cm³/mol. The van der Waals surface area contributed by atoms with Crippen molar-refractivity contribution in [3.05, 3.63) is 35.4 Å². The van der Waals surface area contributed by atoms with E-state index in [-0.39, 0.29) is 18.0 Å². The van der Waals surface area contributed by atoms with E-state index in [0.29, 0.717) is 0 Å². The Labute approximate surface area is 109 Å². The van der Waals surface area contributed by atoms with Crippen LogP contribution in [0.5, 0.6) is 0 Å². The predicted octanol–water partition coefficient (Wildman–Crippen LogP) is 2.31. The second-order valence-electron chi connectivity index (χ2n) is 5.15. The molecule has 0 saturated carbocycles. The summed E-state index contributed by atoms with van der Waals surface area (Å²) in [4.78, 5) is 12.1. The van der Waals surface area contributed by atoms with Crippen molar-refractivity contribution in [2.75, 3.05) is 6.54 Å². The van der Waals surface area contributed by atoms with Crippen LogP contribution in [-0.4, -0.2) is 18.5 Å². The number of hydrogen-bond donors (Lipinski definition) is 2. The Morgan fingerprint density at radius 2 is 2.28 bits per heavy atom. The molecule has 2 N–H and O–H groups in total. The maximum Gasteiger partial charge on any atom is 0.237 e. The van der Waals surface area contributed by atoms with Gasteiger partial charge in [-0.25, -0.2) is 0 Å². The van der Waals surface area contributed by atoms with Crippen LogP contribution < -0.4 is 10.6 Å². The molecule has 3 heteroatoms. The van der Waals surface area contributed by atoms with E-state index in [2.05, 4.69) is 35.8 Å². The van der Waals surface area contributed by atoms with E-state index in [0.717, 1.165) is 19.4 Å². The number of nitrogens with one attached hydrogen (secondary N) is 2. The van der Waals surface area contributed by atoms with Gasteiger partial charge in [0.1, 0.15) is 0 Å². The molecule has 0 aliphatic carbocycles. The largest absolute Gasteiger partial charge is 0.348 e. The highest BCUT2D eigenvalue weighted by Crippen LogP contribution is 2.15. The first kappa shape index (κ1) is 13.1. The Morgan fingerprint density at radius 1 is 1.44 bits per heavy atom. The zero-order chi connectivity index (χ0) is 13.0. The van der Waals surface area contributed by atoms with Crippen molar-refractivity contribution in [2.24, 2.45) is 0 Å². The van der Waals surface area contributed by atoms with Gasteiger partial charge in [0, 0.05) is 0 Å². The summed E-state index contributed by atoms with van der Waals surface area (Å²) in [5.74, 6) is 0.128. The number of hydrogen-bond acceptors (Lipinski definition) is 2. The van der Waals surface area contributed by atoms with Crippen LogP contribution in [0.3, 0.4) is 0 Å². The van der Waals surface area contributed by atoms with E-state index in [4.69, 9.17) is 0 Å².